The average molecular weight is 274 g/mol. The monoisotopic (exact) mass is 274 g/mol. The van der Waals surface area contributed by atoms with E-state index in [9.17, 15) is 9.59 Å². The molecule has 5 heteroatoms. The van der Waals surface area contributed by atoms with Crippen molar-refractivity contribution in [3.05, 3.63) is 46.2 Å². The molecule has 0 aliphatic heterocycles. The van der Waals surface area contributed by atoms with Crippen LogP contribution in [0.4, 0.5) is 0 Å². The predicted molar refractivity (Wildman–Crippen MR) is 78.1 cm³/mol. The van der Waals surface area contributed by atoms with Gasteiger partial charge in [-0.25, -0.2) is 0 Å². The summed E-state index contributed by atoms with van der Waals surface area (Å²) < 4.78 is 1.92. The molecule has 0 radical (unpaired) electrons. The molecule has 0 amide bonds. The molecule has 1 heterocycles. The zero-order valence-corrected chi connectivity index (χ0v) is 11.7. The van der Waals surface area contributed by atoms with Gasteiger partial charge in [-0.3, -0.25) is 9.59 Å². The lowest BCUT2D eigenvalue weighted by atomic mass is 10.1. The van der Waals surface area contributed by atoms with Gasteiger partial charge in [0.05, 0.1) is 11.9 Å². The summed E-state index contributed by atoms with van der Waals surface area (Å²) in [4.78, 5) is 25.1. The molecule has 5 nitrogen and oxygen atoms in total. The van der Waals surface area contributed by atoms with Crippen LogP contribution in [0.3, 0.4) is 0 Å². The number of aliphatic carboxylic acids is 1. The van der Waals surface area contributed by atoms with Crippen molar-refractivity contribution in [3.63, 3.8) is 0 Å². The smallest absolute Gasteiger partial charge is 0.309 e. The van der Waals surface area contributed by atoms with Gasteiger partial charge in [0.1, 0.15) is 0 Å². The Balaban J connectivity index is 2.60. The number of carboxylic acids is 1. The Morgan fingerprint density at radius 1 is 1.30 bits per heavy atom. The van der Waals surface area contributed by atoms with Crippen LogP contribution in [-0.2, 0) is 17.8 Å². The van der Waals surface area contributed by atoms with E-state index in [1.54, 1.807) is 6.07 Å². The number of aromatic nitrogens is 1. The molecule has 2 aromatic rings. The fourth-order valence-corrected chi connectivity index (χ4v) is 2.24. The number of hydrogen-bond acceptors (Lipinski definition) is 3. The van der Waals surface area contributed by atoms with Crippen LogP contribution in [0, 0.1) is 0 Å². The van der Waals surface area contributed by atoms with Gasteiger partial charge in [0.25, 0.3) is 0 Å². The van der Waals surface area contributed by atoms with Gasteiger partial charge in [-0.15, -0.1) is 0 Å². The van der Waals surface area contributed by atoms with Crippen molar-refractivity contribution in [2.75, 3.05) is 20.6 Å². The second-order valence-electron chi connectivity index (χ2n) is 5.04. The number of hydrogen-bond donors (Lipinski definition) is 1. The summed E-state index contributed by atoms with van der Waals surface area (Å²) in [5, 5.41) is 9.63. The highest BCUT2D eigenvalue weighted by Crippen LogP contribution is 2.13. The van der Waals surface area contributed by atoms with Crippen LogP contribution in [0.5, 0.6) is 0 Å². The molecule has 0 saturated heterocycles. The summed E-state index contributed by atoms with van der Waals surface area (Å²) >= 11 is 0. The van der Waals surface area contributed by atoms with Crippen molar-refractivity contribution >= 4 is 16.9 Å². The summed E-state index contributed by atoms with van der Waals surface area (Å²) in [6, 6.07) is 8.74. The van der Waals surface area contributed by atoms with Gasteiger partial charge in [-0.2, -0.15) is 0 Å². The first kappa shape index (κ1) is 14.3. The van der Waals surface area contributed by atoms with E-state index in [-0.39, 0.29) is 11.8 Å². The van der Waals surface area contributed by atoms with E-state index in [4.69, 9.17) is 5.11 Å². The molecule has 1 aromatic heterocycles. The van der Waals surface area contributed by atoms with Gasteiger partial charge in [-0.05, 0) is 26.2 Å². The number of nitrogens with zero attached hydrogens (tertiary/aromatic N) is 2. The van der Waals surface area contributed by atoms with Crippen LogP contribution >= 0.6 is 0 Å². The summed E-state index contributed by atoms with van der Waals surface area (Å²) in [7, 11) is 3.92. The number of rotatable bonds is 5. The summed E-state index contributed by atoms with van der Waals surface area (Å²) in [6.45, 7) is 1.43. The maximum Gasteiger partial charge on any atom is 0.309 e. The van der Waals surface area contributed by atoms with E-state index in [2.05, 4.69) is 0 Å². The molecule has 0 aliphatic rings. The van der Waals surface area contributed by atoms with Gasteiger partial charge in [-0.1, -0.05) is 12.1 Å². The lowest BCUT2D eigenvalue weighted by Gasteiger charge is -2.18. The predicted octanol–water partition coefficient (Wildman–Crippen LogP) is 1.19. The second-order valence-corrected chi connectivity index (χ2v) is 5.04. The number of para-hydroxylation sites is 1. The maximum absolute atomic E-state index is 12.1. The average Bonchev–Trinajstić information content (AvgIpc) is 2.37. The lowest BCUT2D eigenvalue weighted by Crippen LogP contribution is -2.23. The molecular formula is C15H18N2O3. The van der Waals surface area contributed by atoms with Crippen LogP contribution in [0.25, 0.3) is 10.9 Å². The summed E-state index contributed by atoms with van der Waals surface area (Å²) in [5.74, 6) is -0.932. The Hall–Kier alpha value is -2.14. The first-order valence-corrected chi connectivity index (χ1v) is 6.47. The molecule has 0 unspecified atom stereocenters. The first-order chi connectivity index (χ1) is 9.49. The van der Waals surface area contributed by atoms with Crippen LogP contribution in [0.2, 0.25) is 0 Å². The molecule has 0 bridgehead atoms. The van der Waals surface area contributed by atoms with Gasteiger partial charge in [0, 0.05) is 30.2 Å². The van der Waals surface area contributed by atoms with Crippen molar-refractivity contribution in [1.29, 1.82) is 0 Å². The van der Waals surface area contributed by atoms with E-state index in [0.29, 0.717) is 17.6 Å². The fourth-order valence-electron chi connectivity index (χ4n) is 2.24. The Morgan fingerprint density at radius 3 is 2.65 bits per heavy atom. The molecular weight excluding hydrogens is 256 g/mol. The normalized spacial score (nSPS) is 11.2. The van der Waals surface area contributed by atoms with Crippen molar-refractivity contribution in [2.45, 2.75) is 13.0 Å². The minimum Gasteiger partial charge on any atom is -0.481 e. The third-order valence-corrected chi connectivity index (χ3v) is 3.21. The SMILES string of the molecule is CN(C)CCn1c(CC(=O)O)cc(=O)c2ccccc21. The molecule has 20 heavy (non-hydrogen) atoms. The molecule has 0 aliphatic carbocycles. The zero-order chi connectivity index (χ0) is 14.7. The zero-order valence-electron chi connectivity index (χ0n) is 11.7. The topological polar surface area (TPSA) is 62.5 Å². The number of fused-ring (bicyclic) bond motifs is 1. The molecule has 1 N–H and O–H groups in total. The molecule has 0 spiro atoms. The molecule has 2 rings (SSSR count). The highest BCUT2D eigenvalue weighted by atomic mass is 16.4. The van der Waals surface area contributed by atoms with Gasteiger partial charge in [0.15, 0.2) is 5.43 Å². The third kappa shape index (κ3) is 3.05. The Kier molecular flexibility index (Phi) is 4.20. The van der Waals surface area contributed by atoms with E-state index in [0.717, 1.165) is 12.1 Å². The molecule has 0 fully saturated rings. The summed E-state index contributed by atoms with van der Waals surface area (Å²) in [5.41, 5.74) is 1.21. The minimum absolute atomic E-state index is 0.127. The highest BCUT2D eigenvalue weighted by Gasteiger charge is 2.11. The van der Waals surface area contributed by atoms with Crippen LogP contribution < -0.4 is 5.43 Å². The van der Waals surface area contributed by atoms with E-state index >= 15 is 0 Å². The number of carboxylic acid groups (broad SMARTS) is 1. The molecule has 0 atom stereocenters. The van der Waals surface area contributed by atoms with E-state index in [1.165, 1.54) is 6.07 Å². The fraction of sp³-hybridized carbons (Fsp3) is 0.333. The molecule has 1 aromatic carbocycles. The third-order valence-electron chi connectivity index (χ3n) is 3.21. The lowest BCUT2D eigenvalue weighted by molar-refractivity contribution is -0.136. The van der Waals surface area contributed by atoms with Crippen molar-refractivity contribution in [3.8, 4) is 0 Å². The first-order valence-electron chi connectivity index (χ1n) is 6.47. The Morgan fingerprint density at radius 2 is 2.00 bits per heavy atom. The highest BCUT2D eigenvalue weighted by molar-refractivity contribution is 5.80. The van der Waals surface area contributed by atoms with Gasteiger partial charge >= 0.3 is 5.97 Å². The minimum atomic E-state index is -0.932. The van der Waals surface area contributed by atoms with E-state index < -0.39 is 5.97 Å². The number of benzene rings is 1. The number of carbonyl (C=O) groups is 1. The molecule has 106 valence electrons. The van der Waals surface area contributed by atoms with Gasteiger partial charge in [0.2, 0.25) is 0 Å². The van der Waals surface area contributed by atoms with Crippen LogP contribution in [-0.4, -0.2) is 41.2 Å². The number of pyridine rings is 1. The van der Waals surface area contributed by atoms with Crippen LogP contribution in [0.1, 0.15) is 5.69 Å². The maximum atomic E-state index is 12.1. The van der Waals surface area contributed by atoms with Crippen molar-refractivity contribution in [1.82, 2.24) is 9.47 Å². The van der Waals surface area contributed by atoms with Gasteiger partial charge < -0.3 is 14.6 Å². The largest absolute Gasteiger partial charge is 0.481 e. The van der Waals surface area contributed by atoms with Crippen LogP contribution in [0.15, 0.2) is 35.1 Å². The van der Waals surface area contributed by atoms with Crippen molar-refractivity contribution < 1.29 is 9.90 Å². The molecule has 0 saturated carbocycles. The van der Waals surface area contributed by atoms with E-state index in [1.807, 2.05) is 41.8 Å². The Bertz CT molecular complexity index is 689. The quantitative estimate of drug-likeness (QED) is 0.889. The standard InChI is InChI=1S/C15H18N2O3/c1-16(2)7-8-17-11(10-15(19)20)9-14(18)12-5-3-4-6-13(12)17/h3-6,9H,7-8,10H2,1-2H3,(H,19,20). The van der Waals surface area contributed by atoms with Crippen molar-refractivity contribution in [2.24, 2.45) is 0 Å². The summed E-state index contributed by atoms with van der Waals surface area (Å²) in [6.07, 6.45) is -0.145. The Labute approximate surface area is 117 Å². The number of likely N-dealkylation sites (N-methyl/N-ethyl adjacent to an activating group) is 1. The second kappa shape index (κ2) is 5.88.